The van der Waals surface area contributed by atoms with Gasteiger partial charge in [0.05, 0.1) is 7.11 Å². The second-order valence-electron chi connectivity index (χ2n) is 6.66. The normalized spacial score (nSPS) is 15.3. The number of hydrogen-bond acceptors (Lipinski definition) is 3. The summed E-state index contributed by atoms with van der Waals surface area (Å²) in [6, 6.07) is 4.83. The maximum absolute atomic E-state index is 14.0. The number of piperidine rings is 1. The number of rotatable bonds is 2. The van der Waals surface area contributed by atoms with Crippen LogP contribution in [0.25, 0.3) is 6.08 Å². The zero-order chi connectivity index (χ0) is 17.0. The van der Waals surface area contributed by atoms with E-state index in [1.54, 1.807) is 17.0 Å². The van der Waals surface area contributed by atoms with Crippen molar-refractivity contribution >= 4 is 12.2 Å². The van der Waals surface area contributed by atoms with Crippen LogP contribution in [0.5, 0.6) is 5.75 Å². The summed E-state index contributed by atoms with van der Waals surface area (Å²) in [6.45, 7) is 6.75. The van der Waals surface area contributed by atoms with Crippen molar-refractivity contribution in [3.05, 3.63) is 35.2 Å². The van der Waals surface area contributed by atoms with Crippen LogP contribution in [0.2, 0.25) is 0 Å². The summed E-state index contributed by atoms with van der Waals surface area (Å²) < 4.78 is 24.3. The highest BCUT2D eigenvalue weighted by Crippen LogP contribution is 2.24. The third-order valence-electron chi connectivity index (χ3n) is 3.62. The molecule has 0 radical (unpaired) electrons. The second kappa shape index (κ2) is 7.02. The molecule has 1 aromatic rings. The van der Waals surface area contributed by atoms with E-state index in [1.807, 2.05) is 26.8 Å². The number of halogens is 1. The van der Waals surface area contributed by atoms with Gasteiger partial charge in [0, 0.05) is 24.7 Å². The Bertz CT molecular complexity index is 595. The van der Waals surface area contributed by atoms with Gasteiger partial charge in [-0.2, -0.15) is 0 Å². The molecule has 4 nitrogen and oxygen atoms in total. The highest BCUT2D eigenvalue weighted by atomic mass is 19.1. The summed E-state index contributed by atoms with van der Waals surface area (Å²) in [6.07, 6.45) is 3.03. The quantitative estimate of drug-likeness (QED) is 0.817. The first-order valence-corrected chi connectivity index (χ1v) is 7.79. The summed E-state index contributed by atoms with van der Waals surface area (Å²) in [5, 5.41) is 0. The number of methoxy groups -OCH3 is 1. The summed E-state index contributed by atoms with van der Waals surface area (Å²) in [7, 11) is 1.51. The van der Waals surface area contributed by atoms with Gasteiger partial charge in [-0.3, -0.25) is 0 Å². The van der Waals surface area contributed by atoms with Crippen molar-refractivity contribution in [3.8, 4) is 5.75 Å². The Kier molecular flexibility index (Phi) is 5.29. The lowest BCUT2D eigenvalue weighted by molar-refractivity contribution is 0.0237. The van der Waals surface area contributed by atoms with Gasteiger partial charge in [-0.1, -0.05) is 11.6 Å². The number of ether oxygens (including phenoxy) is 2. The molecular formula is C18H24FNO3. The fraction of sp³-hybridized carbons (Fsp3) is 0.500. The highest BCUT2D eigenvalue weighted by molar-refractivity contribution is 5.68. The van der Waals surface area contributed by atoms with Crippen molar-refractivity contribution in [2.24, 2.45) is 0 Å². The lowest BCUT2D eigenvalue weighted by Gasteiger charge is -2.31. The number of amides is 1. The highest BCUT2D eigenvalue weighted by Gasteiger charge is 2.24. The monoisotopic (exact) mass is 321 g/mol. The summed E-state index contributed by atoms with van der Waals surface area (Å²) in [5.74, 6) is 0.204. The van der Waals surface area contributed by atoms with Crippen molar-refractivity contribution < 1.29 is 18.7 Å². The number of carbonyl (C=O) groups is 1. The Labute approximate surface area is 136 Å². The molecule has 1 amide bonds. The van der Waals surface area contributed by atoms with Crippen LogP contribution in [0.15, 0.2) is 23.8 Å². The first kappa shape index (κ1) is 17.3. The number of benzene rings is 1. The molecule has 5 heteroatoms. The van der Waals surface area contributed by atoms with Crippen LogP contribution in [-0.2, 0) is 4.74 Å². The van der Waals surface area contributed by atoms with Gasteiger partial charge in [-0.05, 0) is 45.7 Å². The molecule has 1 saturated heterocycles. The Morgan fingerprint density at radius 2 is 1.91 bits per heavy atom. The molecule has 0 spiro atoms. The number of hydrogen-bond donors (Lipinski definition) is 0. The van der Waals surface area contributed by atoms with E-state index in [0.717, 1.165) is 18.4 Å². The molecule has 1 aliphatic heterocycles. The van der Waals surface area contributed by atoms with Gasteiger partial charge in [0.25, 0.3) is 0 Å². The van der Waals surface area contributed by atoms with E-state index in [-0.39, 0.29) is 11.9 Å². The van der Waals surface area contributed by atoms with Gasteiger partial charge >= 0.3 is 6.09 Å². The standard InChI is InChI=1S/C18H24FNO3/c1-18(2,3)23-17(21)20-9-7-13(8-10-20)11-14-5-6-15(22-4)12-16(14)19/h5-6,11-12H,7-10H2,1-4H3. The predicted octanol–water partition coefficient (Wildman–Crippen LogP) is 4.25. The zero-order valence-corrected chi connectivity index (χ0v) is 14.2. The molecule has 0 bridgehead atoms. The van der Waals surface area contributed by atoms with E-state index >= 15 is 0 Å². The fourth-order valence-electron chi connectivity index (χ4n) is 2.42. The van der Waals surface area contributed by atoms with Gasteiger partial charge in [0.1, 0.15) is 17.2 Å². The van der Waals surface area contributed by atoms with Crippen molar-refractivity contribution in [1.82, 2.24) is 4.90 Å². The molecule has 0 unspecified atom stereocenters. The molecule has 1 fully saturated rings. The van der Waals surface area contributed by atoms with Crippen molar-refractivity contribution in [2.75, 3.05) is 20.2 Å². The van der Waals surface area contributed by atoms with Gasteiger partial charge < -0.3 is 14.4 Å². The van der Waals surface area contributed by atoms with Crippen LogP contribution >= 0.6 is 0 Å². The minimum Gasteiger partial charge on any atom is -0.497 e. The molecule has 0 saturated carbocycles. The van der Waals surface area contributed by atoms with E-state index < -0.39 is 5.60 Å². The zero-order valence-electron chi connectivity index (χ0n) is 14.2. The lowest BCUT2D eigenvalue weighted by atomic mass is 10.0. The fourth-order valence-corrected chi connectivity index (χ4v) is 2.42. The van der Waals surface area contributed by atoms with Gasteiger partial charge in [0.2, 0.25) is 0 Å². The first-order valence-electron chi connectivity index (χ1n) is 7.79. The summed E-state index contributed by atoms with van der Waals surface area (Å²) >= 11 is 0. The Morgan fingerprint density at radius 1 is 1.26 bits per heavy atom. The molecule has 1 aromatic carbocycles. The molecule has 2 rings (SSSR count). The maximum atomic E-state index is 14.0. The van der Waals surface area contributed by atoms with Crippen LogP contribution < -0.4 is 4.74 Å². The minimum atomic E-state index is -0.487. The summed E-state index contributed by atoms with van der Waals surface area (Å²) in [5.41, 5.74) is 1.19. The van der Waals surface area contributed by atoms with Crippen molar-refractivity contribution in [1.29, 1.82) is 0 Å². The lowest BCUT2D eigenvalue weighted by Crippen LogP contribution is -2.40. The maximum Gasteiger partial charge on any atom is 0.410 e. The van der Waals surface area contributed by atoms with E-state index in [2.05, 4.69) is 0 Å². The molecule has 0 atom stereocenters. The predicted molar refractivity (Wildman–Crippen MR) is 88.0 cm³/mol. The first-order chi connectivity index (χ1) is 10.8. The second-order valence-corrected chi connectivity index (χ2v) is 6.66. The smallest absolute Gasteiger partial charge is 0.410 e. The van der Waals surface area contributed by atoms with E-state index in [1.165, 1.54) is 13.2 Å². The molecule has 1 heterocycles. The molecule has 23 heavy (non-hydrogen) atoms. The summed E-state index contributed by atoms with van der Waals surface area (Å²) in [4.78, 5) is 13.7. The number of nitrogens with zero attached hydrogens (tertiary/aromatic N) is 1. The van der Waals surface area contributed by atoms with Crippen molar-refractivity contribution in [2.45, 2.75) is 39.2 Å². The SMILES string of the molecule is COc1ccc(C=C2CCN(C(=O)OC(C)(C)C)CC2)c(F)c1. The molecule has 0 N–H and O–H groups in total. The van der Waals surface area contributed by atoms with E-state index in [0.29, 0.717) is 24.4 Å². The Morgan fingerprint density at radius 3 is 2.43 bits per heavy atom. The topological polar surface area (TPSA) is 38.8 Å². The van der Waals surface area contributed by atoms with Crippen LogP contribution in [0.4, 0.5) is 9.18 Å². The number of likely N-dealkylation sites (tertiary alicyclic amines) is 1. The van der Waals surface area contributed by atoms with Gasteiger partial charge in [-0.25, -0.2) is 9.18 Å². The third-order valence-corrected chi connectivity index (χ3v) is 3.62. The van der Waals surface area contributed by atoms with Crippen LogP contribution in [-0.4, -0.2) is 36.8 Å². The van der Waals surface area contributed by atoms with Crippen LogP contribution in [0.3, 0.4) is 0 Å². The third kappa shape index (κ3) is 4.98. The molecule has 0 aliphatic carbocycles. The largest absolute Gasteiger partial charge is 0.497 e. The van der Waals surface area contributed by atoms with E-state index in [9.17, 15) is 9.18 Å². The van der Waals surface area contributed by atoms with Crippen molar-refractivity contribution in [3.63, 3.8) is 0 Å². The average Bonchev–Trinajstić information content (AvgIpc) is 2.48. The molecular weight excluding hydrogens is 297 g/mol. The van der Waals surface area contributed by atoms with Gasteiger partial charge in [-0.15, -0.1) is 0 Å². The Hall–Kier alpha value is -2.04. The van der Waals surface area contributed by atoms with Gasteiger partial charge in [0.15, 0.2) is 0 Å². The molecule has 126 valence electrons. The van der Waals surface area contributed by atoms with Crippen LogP contribution in [0.1, 0.15) is 39.2 Å². The molecule has 1 aliphatic rings. The Balaban J connectivity index is 1.97. The van der Waals surface area contributed by atoms with E-state index in [4.69, 9.17) is 9.47 Å². The van der Waals surface area contributed by atoms with Crippen LogP contribution in [0, 0.1) is 5.82 Å². The number of carbonyl (C=O) groups excluding carboxylic acids is 1. The molecule has 0 aromatic heterocycles. The average molecular weight is 321 g/mol. The minimum absolute atomic E-state index is 0.285.